The molecule has 3 nitrogen and oxygen atoms in total. The van der Waals surface area contributed by atoms with Crippen LogP contribution in [0, 0.1) is 0 Å². The summed E-state index contributed by atoms with van der Waals surface area (Å²) in [5, 5.41) is 8.82. The number of aromatic carboxylic acids is 1. The van der Waals surface area contributed by atoms with Crippen molar-refractivity contribution in [3.8, 4) is 11.1 Å². The van der Waals surface area contributed by atoms with E-state index in [0.717, 1.165) is 11.1 Å². The fourth-order valence-corrected chi connectivity index (χ4v) is 1.58. The van der Waals surface area contributed by atoms with E-state index in [1.54, 1.807) is 12.1 Å². The number of carboxylic acid groups (broad SMARTS) is 1. The van der Waals surface area contributed by atoms with E-state index in [1.807, 2.05) is 30.3 Å². The molecule has 2 aromatic rings. The fraction of sp³-hybridized carbons (Fsp3) is 0. The highest BCUT2D eigenvalue weighted by molar-refractivity contribution is 5.91. The standard InChI is InChI=1S/C13H11NO2.ClH/c14-12-8-10(13(15)16)6-7-11(12)9-4-2-1-3-5-9;/h1-8H,14H2,(H,15,16);1H. The van der Waals surface area contributed by atoms with Gasteiger partial charge in [0.1, 0.15) is 0 Å². The molecule has 0 saturated carbocycles. The molecule has 2 aromatic carbocycles. The third kappa shape index (κ3) is 2.77. The van der Waals surface area contributed by atoms with Gasteiger partial charge in [0.25, 0.3) is 0 Å². The third-order valence-electron chi connectivity index (χ3n) is 2.38. The Morgan fingerprint density at radius 3 is 2.24 bits per heavy atom. The van der Waals surface area contributed by atoms with Crippen LogP contribution in [0.4, 0.5) is 5.69 Å². The van der Waals surface area contributed by atoms with Crippen molar-refractivity contribution < 1.29 is 9.90 Å². The van der Waals surface area contributed by atoms with Crippen molar-refractivity contribution in [2.75, 3.05) is 5.73 Å². The largest absolute Gasteiger partial charge is 0.478 e. The van der Waals surface area contributed by atoms with E-state index in [9.17, 15) is 4.79 Å². The topological polar surface area (TPSA) is 63.3 Å². The van der Waals surface area contributed by atoms with Crippen LogP contribution in [0.3, 0.4) is 0 Å². The predicted octanol–water partition coefficient (Wildman–Crippen LogP) is 3.06. The van der Waals surface area contributed by atoms with Crippen LogP contribution in [-0.2, 0) is 0 Å². The minimum atomic E-state index is -0.966. The van der Waals surface area contributed by atoms with E-state index in [2.05, 4.69) is 0 Å². The predicted molar refractivity (Wildman–Crippen MR) is 70.5 cm³/mol. The van der Waals surface area contributed by atoms with Crippen LogP contribution in [0.2, 0.25) is 0 Å². The lowest BCUT2D eigenvalue weighted by Crippen LogP contribution is -1.99. The lowest BCUT2D eigenvalue weighted by molar-refractivity contribution is 0.0697. The van der Waals surface area contributed by atoms with Gasteiger partial charge < -0.3 is 10.8 Å². The molecule has 0 atom stereocenters. The number of hydrogen-bond acceptors (Lipinski definition) is 2. The molecular formula is C13H12ClNO2. The molecule has 4 heteroatoms. The average molecular weight is 250 g/mol. The van der Waals surface area contributed by atoms with Crippen molar-refractivity contribution in [2.24, 2.45) is 0 Å². The van der Waals surface area contributed by atoms with Gasteiger partial charge in [-0.3, -0.25) is 0 Å². The molecule has 0 radical (unpaired) electrons. The fourth-order valence-electron chi connectivity index (χ4n) is 1.58. The van der Waals surface area contributed by atoms with E-state index < -0.39 is 5.97 Å². The lowest BCUT2D eigenvalue weighted by atomic mass is 10.0. The van der Waals surface area contributed by atoms with Gasteiger partial charge in [0.2, 0.25) is 0 Å². The van der Waals surface area contributed by atoms with Crippen LogP contribution in [0.15, 0.2) is 48.5 Å². The van der Waals surface area contributed by atoms with Gasteiger partial charge in [-0.25, -0.2) is 4.79 Å². The molecule has 0 fully saturated rings. The van der Waals surface area contributed by atoms with Gasteiger partial charge >= 0.3 is 5.97 Å². The Morgan fingerprint density at radius 2 is 1.71 bits per heavy atom. The maximum absolute atomic E-state index is 10.7. The first-order chi connectivity index (χ1) is 7.68. The van der Waals surface area contributed by atoms with E-state index >= 15 is 0 Å². The summed E-state index contributed by atoms with van der Waals surface area (Å²) in [5.74, 6) is -0.966. The highest BCUT2D eigenvalue weighted by Gasteiger charge is 2.07. The quantitative estimate of drug-likeness (QED) is 0.804. The van der Waals surface area contributed by atoms with Crippen LogP contribution < -0.4 is 5.73 Å². The number of anilines is 1. The second-order valence-electron chi connectivity index (χ2n) is 3.47. The van der Waals surface area contributed by atoms with Crippen LogP contribution >= 0.6 is 12.4 Å². The van der Waals surface area contributed by atoms with Crippen molar-refractivity contribution in [2.45, 2.75) is 0 Å². The zero-order valence-corrected chi connectivity index (χ0v) is 9.78. The molecule has 0 amide bonds. The van der Waals surface area contributed by atoms with Gasteiger partial charge in [0, 0.05) is 11.3 Å². The van der Waals surface area contributed by atoms with E-state index in [0.29, 0.717) is 5.69 Å². The molecule has 0 aromatic heterocycles. The Bertz CT molecular complexity index is 526. The smallest absolute Gasteiger partial charge is 0.335 e. The SMILES string of the molecule is Cl.Nc1cc(C(=O)O)ccc1-c1ccccc1. The molecule has 3 N–H and O–H groups in total. The Balaban J connectivity index is 0.00000144. The summed E-state index contributed by atoms with van der Waals surface area (Å²) in [6.45, 7) is 0. The Morgan fingerprint density at radius 1 is 1.06 bits per heavy atom. The highest BCUT2D eigenvalue weighted by Crippen LogP contribution is 2.26. The number of benzene rings is 2. The zero-order chi connectivity index (χ0) is 11.5. The first-order valence-corrected chi connectivity index (χ1v) is 4.87. The number of nitrogens with two attached hydrogens (primary N) is 1. The number of halogens is 1. The molecule has 88 valence electrons. The maximum Gasteiger partial charge on any atom is 0.335 e. The molecular weight excluding hydrogens is 238 g/mol. The Kier molecular flexibility index (Phi) is 4.12. The first-order valence-electron chi connectivity index (χ1n) is 4.87. The molecule has 0 unspecified atom stereocenters. The summed E-state index contributed by atoms with van der Waals surface area (Å²) in [6.07, 6.45) is 0. The Hall–Kier alpha value is -2.00. The molecule has 2 rings (SSSR count). The summed E-state index contributed by atoms with van der Waals surface area (Å²) in [5.41, 5.74) is 8.35. The van der Waals surface area contributed by atoms with Crippen molar-refractivity contribution in [1.29, 1.82) is 0 Å². The first kappa shape index (κ1) is 13.1. The monoisotopic (exact) mass is 249 g/mol. The minimum Gasteiger partial charge on any atom is -0.478 e. The highest BCUT2D eigenvalue weighted by atomic mass is 35.5. The molecule has 0 heterocycles. The van der Waals surface area contributed by atoms with E-state index in [4.69, 9.17) is 10.8 Å². The van der Waals surface area contributed by atoms with Crippen LogP contribution in [0.25, 0.3) is 11.1 Å². The molecule has 0 bridgehead atoms. The van der Waals surface area contributed by atoms with Crippen molar-refractivity contribution >= 4 is 24.1 Å². The van der Waals surface area contributed by atoms with Crippen LogP contribution in [-0.4, -0.2) is 11.1 Å². The van der Waals surface area contributed by atoms with Gasteiger partial charge in [0.05, 0.1) is 5.56 Å². The zero-order valence-electron chi connectivity index (χ0n) is 8.96. The van der Waals surface area contributed by atoms with Gasteiger partial charge in [-0.2, -0.15) is 0 Å². The molecule has 0 saturated heterocycles. The van der Waals surface area contributed by atoms with E-state index in [1.165, 1.54) is 6.07 Å². The average Bonchev–Trinajstić information content (AvgIpc) is 2.30. The Labute approximate surface area is 105 Å². The van der Waals surface area contributed by atoms with Gasteiger partial charge in [0.15, 0.2) is 0 Å². The molecule has 0 aliphatic heterocycles. The number of rotatable bonds is 2. The van der Waals surface area contributed by atoms with Crippen molar-refractivity contribution in [3.05, 3.63) is 54.1 Å². The molecule has 0 aliphatic rings. The van der Waals surface area contributed by atoms with Crippen LogP contribution in [0.5, 0.6) is 0 Å². The maximum atomic E-state index is 10.7. The summed E-state index contributed by atoms with van der Waals surface area (Å²) in [4.78, 5) is 10.7. The lowest BCUT2D eigenvalue weighted by Gasteiger charge is -2.06. The third-order valence-corrected chi connectivity index (χ3v) is 2.38. The summed E-state index contributed by atoms with van der Waals surface area (Å²) in [6, 6.07) is 14.4. The molecule has 17 heavy (non-hydrogen) atoms. The normalized spacial score (nSPS) is 9.41. The second kappa shape index (κ2) is 5.37. The summed E-state index contributed by atoms with van der Waals surface area (Å²) in [7, 11) is 0. The number of carbonyl (C=O) groups is 1. The van der Waals surface area contributed by atoms with E-state index in [-0.39, 0.29) is 18.0 Å². The van der Waals surface area contributed by atoms with Gasteiger partial charge in [-0.05, 0) is 17.7 Å². The van der Waals surface area contributed by atoms with Crippen molar-refractivity contribution in [3.63, 3.8) is 0 Å². The number of nitrogen functional groups attached to an aromatic ring is 1. The van der Waals surface area contributed by atoms with Gasteiger partial charge in [-0.15, -0.1) is 12.4 Å². The number of hydrogen-bond donors (Lipinski definition) is 2. The van der Waals surface area contributed by atoms with Crippen LogP contribution in [0.1, 0.15) is 10.4 Å². The molecule has 0 aliphatic carbocycles. The van der Waals surface area contributed by atoms with Gasteiger partial charge in [-0.1, -0.05) is 36.4 Å². The summed E-state index contributed by atoms with van der Waals surface area (Å²) < 4.78 is 0. The summed E-state index contributed by atoms with van der Waals surface area (Å²) >= 11 is 0. The number of carboxylic acids is 1. The van der Waals surface area contributed by atoms with Crippen molar-refractivity contribution in [1.82, 2.24) is 0 Å². The molecule has 0 spiro atoms. The second-order valence-corrected chi connectivity index (χ2v) is 3.47. The minimum absolute atomic E-state index is 0.